The quantitative estimate of drug-likeness (QED) is 0.639. The molecule has 25 heavy (non-hydrogen) atoms. The highest BCUT2D eigenvalue weighted by atomic mass is 32.2. The van der Waals surface area contributed by atoms with Gasteiger partial charge in [0.1, 0.15) is 0 Å². The average Bonchev–Trinajstić information content (AvgIpc) is 3.17. The van der Waals surface area contributed by atoms with Crippen molar-refractivity contribution in [1.29, 1.82) is 0 Å². The summed E-state index contributed by atoms with van der Waals surface area (Å²) in [6, 6.07) is 2.27. The van der Waals surface area contributed by atoms with Gasteiger partial charge < -0.3 is 9.64 Å². The van der Waals surface area contributed by atoms with Crippen LogP contribution in [0.25, 0.3) is 12.2 Å². The maximum absolute atomic E-state index is 11.3. The van der Waals surface area contributed by atoms with Crippen molar-refractivity contribution in [3.8, 4) is 0 Å². The van der Waals surface area contributed by atoms with Crippen molar-refractivity contribution in [3.63, 3.8) is 0 Å². The summed E-state index contributed by atoms with van der Waals surface area (Å²) < 4.78 is 32.4. The fourth-order valence-electron chi connectivity index (χ4n) is 3.58. The van der Waals surface area contributed by atoms with Gasteiger partial charge in [-0.05, 0) is 54.8 Å². The van der Waals surface area contributed by atoms with Gasteiger partial charge >= 0.3 is 0 Å². The minimum absolute atomic E-state index is 0.0657. The number of likely N-dealkylation sites (tertiary alicyclic amines) is 1. The van der Waals surface area contributed by atoms with Gasteiger partial charge in [0.05, 0.1) is 6.26 Å². The molecule has 3 rings (SSSR count). The minimum atomic E-state index is -3.10. The second kappa shape index (κ2) is 8.77. The van der Waals surface area contributed by atoms with Gasteiger partial charge in [-0.2, -0.15) is 0 Å². The smallest absolute Gasteiger partial charge is 0.208 e. The zero-order chi connectivity index (χ0) is 17.7. The Kier molecular flexibility index (Phi) is 6.68. The Morgan fingerprint density at radius 3 is 3.12 bits per heavy atom. The van der Waals surface area contributed by atoms with Crippen molar-refractivity contribution in [2.24, 2.45) is 5.92 Å². The molecule has 1 saturated heterocycles. The number of fused-ring (bicyclic) bond motifs is 1. The van der Waals surface area contributed by atoms with Crippen LogP contribution in [0.4, 0.5) is 0 Å². The Hall–Kier alpha value is -0.730. The molecule has 2 unspecified atom stereocenters. The summed E-state index contributed by atoms with van der Waals surface area (Å²) in [7, 11) is -3.10. The van der Waals surface area contributed by atoms with Crippen molar-refractivity contribution in [1.82, 2.24) is 9.62 Å². The van der Waals surface area contributed by atoms with Gasteiger partial charge in [0.25, 0.3) is 0 Å². The Labute approximate surface area is 154 Å². The van der Waals surface area contributed by atoms with Crippen molar-refractivity contribution >= 4 is 33.5 Å². The number of rotatable bonds is 9. The van der Waals surface area contributed by atoms with E-state index in [2.05, 4.69) is 33.2 Å². The summed E-state index contributed by atoms with van der Waals surface area (Å²) in [5.41, 5.74) is 0. The van der Waals surface area contributed by atoms with Gasteiger partial charge in [-0.1, -0.05) is 12.2 Å². The summed E-state index contributed by atoms with van der Waals surface area (Å²) in [5.74, 6) is 0.600. The Morgan fingerprint density at radius 1 is 1.40 bits per heavy atom. The lowest BCUT2D eigenvalue weighted by atomic mass is 9.97. The Balaban J connectivity index is 1.25. The lowest BCUT2D eigenvalue weighted by Crippen LogP contribution is -2.36. The first-order chi connectivity index (χ1) is 12.0. The average molecular weight is 385 g/mol. The van der Waals surface area contributed by atoms with Crippen LogP contribution in [-0.2, 0) is 14.8 Å². The summed E-state index contributed by atoms with van der Waals surface area (Å²) in [4.78, 5) is 2.31. The number of hydrogen-bond acceptors (Lipinski definition) is 5. The molecule has 0 saturated carbocycles. The standard InChI is InChI=1S/C18H28N2O3S2/c1-25(21,22)19-17-5-9-20(14-17)8-2-10-23-11-6-15-3-4-18-16(13-15)7-12-24-18/h4,7,12-13,15,17,19H,2-3,5-6,8-11,14H2,1H3. The third-order valence-corrected chi connectivity index (χ3v) is 6.49. The SMILES string of the molecule is CS(=O)(=O)NC1CCN(CCCOCCC2C=c3ccsc3=CC2)C1. The molecule has 2 atom stereocenters. The molecule has 0 aromatic carbocycles. The predicted molar refractivity (Wildman–Crippen MR) is 103 cm³/mol. The first-order valence-corrected chi connectivity index (χ1v) is 11.8. The number of hydrogen-bond donors (Lipinski definition) is 1. The third kappa shape index (κ3) is 6.18. The van der Waals surface area contributed by atoms with E-state index in [4.69, 9.17) is 4.74 Å². The summed E-state index contributed by atoms with van der Waals surface area (Å²) in [6.07, 6.45) is 10.1. The topological polar surface area (TPSA) is 58.6 Å². The maximum atomic E-state index is 11.3. The molecule has 1 aliphatic heterocycles. The number of sulfonamides is 1. The third-order valence-electron chi connectivity index (χ3n) is 4.80. The molecule has 0 radical (unpaired) electrons. The van der Waals surface area contributed by atoms with Gasteiger partial charge in [0.15, 0.2) is 0 Å². The molecule has 140 valence electrons. The molecule has 0 bridgehead atoms. The zero-order valence-corrected chi connectivity index (χ0v) is 16.4. The molecule has 1 fully saturated rings. The van der Waals surface area contributed by atoms with Crippen molar-refractivity contribution in [3.05, 3.63) is 21.2 Å². The van der Waals surface area contributed by atoms with Crippen LogP contribution in [0.1, 0.15) is 25.7 Å². The molecule has 1 aliphatic carbocycles. The van der Waals surface area contributed by atoms with Crippen LogP contribution in [0.2, 0.25) is 0 Å². The lowest BCUT2D eigenvalue weighted by molar-refractivity contribution is 0.116. The fraction of sp³-hybridized carbons (Fsp3) is 0.667. The number of nitrogens with one attached hydrogen (secondary N) is 1. The van der Waals surface area contributed by atoms with Gasteiger partial charge in [0.2, 0.25) is 10.0 Å². The van der Waals surface area contributed by atoms with Crippen molar-refractivity contribution in [2.75, 3.05) is 39.1 Å². The molecular formula is C18H28N2O3S2. The molecule has 1 N–H and O–H groups in total. The number of thiophene rings is 1. The molecule has 2 heterocycles. The van der Waals surface area contributed by atoms with Gasteiger partial charge in [-0.3, -0.25) is 0 Å². The molecule has 1 aromatic rings. The maximum Gasteiger partial charge on any atom is 0.208 e. The van der Waals surface area contributed by atoms with Crippen molar-refractivity contribution < 1.29 is 13.2 Å². The second-order valence-electron chi connectivity index (χ2n) is 7.04. The predicted octanol–water partition coefficient (Wildman–Crippen LogP) is 0.749. The largest absolute Gasteiger partial charge is 0.381 e. The van der Waals surface area contributed by atoms with Gasteiger partial charge in [-0.15, -0.1) is 11.3 Å². The zero-order valence-electron chi connectivity index (χ0n) is 14.8. The minimum Gasteiger partial charge on any atom is -0.381 e. The van der Waals surface area contributed by atoms with E-state index >= 15 is 0 Å². The monoisotopic (exact) mass is 384 g/mol. The summed E-state index contributed by atoms with van der Waals surface area (Å²) >= 11 is 1.82. The molecule has 1 aromatic heterocycles. The summed E-state index contributed by atoms with van der Waals surface area (Å²) in [6.45, 7) is 4.34. The van der Waals surface area contributed by atoms with Crippen molar-refractivity contribution in [2.45, 2.75) is 31.7 Å². The van der Waals surface area contributed by atoms with E-state index in [0.29, 0.717) is 5.92 Å². The molecule has 0 amide bonds. The van der Waals surface area contributed by atoms with Crippen LogP contribution in [0.3, 0.4) is 0 Å². The number of ether oxygens (including phenoxy) is 1. The van der Waals surface area contributed by atoms with E-state index in [9.17, 15) is 8.42 Å². The van der Waals surface area contributed by atoms with E-state index in [0.717, 1.165) is 58.5 Å². The molecule has 7 heteroatoms. The summed E-state index contributed by atoms with van der Waals surface area (Å²) in [5, 5.41) is 3.54. The van der Waals surface area contributed by atoms with Crippen LogP contribution in [0.5, 0.6) is 0 Å². The highest BCUT2D eigenvalue weighted by molar-refractivity contribution is 7.88. The van der Waals surface area contributed by atoms with E-state index in [1.807, 2.05) is 11.3 Å². The van der Waals surface area contributed by atoms with Gasteiger partial charge in [-0.25, -0.2) is 13.1 Å². The highest BCUT2D eigenvalue weighted by Gasteiger charge is 2.24. The van der Waals surface area contributed by atoms with Crippen LogP contribution >= 0.6 is 11.3 Å². The number of nitrogens with zero attached hydrogens (tertiary/aromatic N) is 1. The fourth-order valence-corrected chi connectivity index (χ4v) is 5.20. The highest BCUT2D eigenvalue weighted by Crippen LogP contribution is 2.14. The Morgan fingerprint density at radius 2 is 2.28 bits per heavy atom. The van der Waals surface area contributed by atoms with Crippen LogP contribution in [0, 0.1) is 5.92 Å². The second-order valence-corrected chi connectivity index (χ2v) is 9.77. The van der Waals surface area contributed by atoms with E-state index in [1.165, 1.54) is 16.0 Å². The van der Waals surface area contributed by atoms with Crippen LogP contribution in [-0.4, -0.2) is 58.5 Å². The van der Waals surface area contributed by atoms with E-state index in [1.54, 1.807) is 0 Å². The lowest BCUT2D eigenvalue weighted by Gasteiger charge is -2.16. The van der Waals surface area contributed by atoms with Crippen LogP contribution < -0.4 is 14.5 Å². The van der Waals surface area contributed by atoms with Crippen LogP contribution in [0.15, 0.2) is 11.4 Å². The molecule has 0 spiro atoms. The normalized spacial score (nSPS) is 23.9. The Bertz CT molecular complexity index is 772. The van der Waals surface area contributed by atoms with E-state index in [-0.39, 0.29) is 6.04 Å². The molecule has 5 nitrogen and oxygen atoms in total. The van der Waals surface area contributed by atoms with Gasteiger partial charge in [0, 0.05) is 36.9 Å². The first-order valence-electron chi connectivity index (χ1n) is 9.02. The molecular weight excluding hydrogens is 356 g/mol. The first kappa shape index (κ1) is 19.0. The van der Waals surface area contributed by atoms with E-state index < -0.39 is 10.0 Å². The molecule has 2 aliphatic rings.